The third-order valence-corrected chi connectivity index (χ3v) is 2.49. The lowest BCUT2D eigenvalue weighted by atomic mass is 10.0. The second-order valence-electron chi connectivity index (χ2n) is 3.48. The Bertz CT molecular complexity index is 334. The zero-order chi connectivity index (χ0) is 11.3. The minimum Gasteiger partial charge on any atom is -0.323 e. The summed E-state index contributed by atoms with van der Waals surface area (Å²) in [5.74, 6) is -0.536. The van der Waals surface area contributed by atoms with Gasteiger partial charge in [-0.3, -0.25) is 4.79 Å². The molecule has 0 aliphatic carbocycles. The Labute approximate surface area is 89.5 Å². The quantitative estimate of drug-likeness (QED) is 0.810. The molecule has 0 aromatic heterocycles. The molecule has 0 aliphatic rings. The second kappa shape index (κ2) is 5.49. The molecule has 0 atom stereocenters. The van der Waals surface area contributed by atoms with Gasteiger partial charge in [-0.15, -0.1) is 0 Å². The largest absolute Gasteiger partial charge is 0.323 e. The van der Waals surface area contributed by atoms with E-state index in [4.69, 9.17) is 0 Å². The summed E-state index contributed by atoms with van der Waals surface area (Å²) >= 11 is 0. The first-order valence-electron chi connectivity index (χ1n) is 5.24. The molecule has 0 heterocycles. The zero-order valence-corrected chi connectivity index (χ0v) is 9.09. The lowest BCUT2D eigenvalue weighted by Gasteiger charge is -2.12. The van der Waals surface area contributed by atoms with Gasteiger partial charge in [-0.1, -0.05) is 26.0 Å². The number of hydrogen-bond donors (Lipinski definition) is 1. The van der Waals surface area contributed by atoms with E-state index in [2.05, 4.69) is 5.32 Å². The van der Waals surface area contributed by atoms with Crippen LogP contribution in [0.1, 0.15) is 26.7 Å². The van der Waals surface area contributed by atoms with Gasteiger partial charge in [0, 0.05) is 5.92 Å². The molecule has 0 unspecified atom stereocenters. The van der Waals surface area contributed by atoms with Crippen LogP contribution in [0, 0.1) is 11.7 Å². The van der Waals surface area contributed by atoms with Gasteiger partial charge < -0.3 is 5.32 Å². The molecule has 0 fully saturated rings. The topological polar surface area (TPSA) is 29.1 Å². The summed E-state index contributed by atoms with van der Waals surface area (Å²) in [6.45, 7) is 3.91. The van der Waals surface area contributed by atoms with Crippen LogP contribution < -0.4 is 5.32 Å². The molecule has 1 amide bonds. The highest BCUT2D eigenvalue weighted by Gasteiger charge is 2.15. The van der Waals surface area contributed by atoms with Gasteiger partial charge in [-0.2, -0.15) is 0 Å². The van der Waals surface area contributed by atoms with Gasteiger partial charge in [0.15, 0.2) is 0 Å². The first-order valence-corrected chi connectivity index (χ1v) is 5.24. The van der Waals surface area contributed by atoms with E-state index in [1.54, 1.807) is 18.2 Å². The first-order chi connectivity index (χ1) is 7.19. The Balaban J connectivity index is 2.70. The average Bonchev–Trinajstić information content (AvgIpc) is 2.23. The van der Waals surface area contributed by atoms with Crippen molar-refractivity contribution in [2.45, 2.75) is 26.7 Å². The molecular formula is C12H16FNO. The number of para-hydroxylation sites is 1. The molecule has 82 valence electrons. The summed E-state index contributed by atoms with van der Waals surface area (Å²) in [5.41, 5.74) is 0.259. The minimum atomic E-state index is -0.392. The molecular weight excluding hydrogens is 193 g/mol. The fourth-order valence-corrected chi connectivity index (χ4v) is 1.46. The number of halogens is 1. The van der Waals surface area contributed by atoms with Crippen LogP contribution in [0.15, 0.2) is 24.3 Å². The van der Waals surface area contributed by atoms with Crippen molar-refractivity contribution in [3.05, 3.63) is 30.1 Å². The fraction of sp³-hybridized carbons (Fsp3) is 0.417. The molecule has 2 nitrogen and oxygen atoms in total. The van der Waals surface area contributed by atoms with E-state index in [1.165, 1.54) is 6.07 Å². The van der Waals surface area contributed by atoms with Gasteiger partial charge in [0.2, 0.25) is 5.91 Å². The van der Waals surface area contributed by atoms with E-state index in [-0.39, 0.29) is 17.5 Å². The van der Waals surface area contributed by atoms with Gasteiger partial charge in [-0.25, -0.2) is 4.39 Å². The molecule has 1 rings (SSSR count). The van der Waals surface area contributed by atoms with Crippen LogP contribution in [0.2, 0.25) is 0 Å². The summed E-state index contributed by atoms with van der Waals surface area (Å²) in [6.07, 6.45) is 1.55. The predicted octanol–water partition coefficient (Wildman–Crippen LogP) is 3.20. The minimum absolute atomic E-state index is 0.0374. The number of carbonyl (C=O) groups is 1. The molecule has 1 N–H and O–H groups in total. The normalized spacial score (nSPS) is 10.4. The molecule has 0 bridgehead atoms. The Morgan fingerprint density at radius 3 is 2.47 bits per heavy atom. The lowest BCUT2D eigenvalue weighted by Crippen LogP contribution is -2.22. The highest BCUT2D eigenvalue weighted by molar-refractivity contribution is 5.92. The average molecular weight is 209 g/mol. The number of hydrogen-bond acceptors (Lipinski definition) is 1. The standard InChI is InChI=1S/C12H16FNO/c1-3-9(4-2)12(15)14-11-8-6-5-7-10(11)13/h5-9H,3-4H2,1-2H3,(H,14,15). The Hall–Kier alpha value is -1.38. The molecule has 1 aromatic carbocycles. The SMILES string of the molecule is CCC(CC)C(=O)Nc1ccccc1F. The molecule has 0 aliphatic heterocycles. The van der Waals surface area contributed by atoms with Crippen molar-refractivity contribution in [2.75, 3.05) is 5.32 Å². The number of nitrogens with one attached hydrogen (secondary N) is 1. The van der Waals surface area contributed by atoms with E-state index in [9.17, 15) is 9.18 Å². The highest BCUT2D eigenvalue weighted by atomic mass is 19.1. The number of rotatable bonds is 4. The zero-order valence-electron chi connectivity index (χ0n) is 9.09. The van der Waals surface area contributed by atoms with Crippen LogP contribution >= 0.6 is 0 Å². The summed E-state index contributed by atoms with van der Waals surface area (Å²) in [5, 5.41) is 2.60. The van der Waals surface area contributed by atoms with Crippen molar-refractivity contribution in [1.29, 1.82) is 0 Å². The van der Waals surface area contributed by atoms with Crippen LogP contribution in [-0.4, -0.2) is 5.91 Å². The summed E-state index contributed by atoms with van der Waals surface area (Å²) in [4.78, 5) is 11.6. The van der Waals surface area contributed by atoms with Gasteiger partial charge in [0.25, 0.3) is 0 Å². The monoisotopic (exact) mass is 209 g/mol. The van der Waals surface area contributed by atoms with E-state index in [0.29, 0.717) is 0 Å². The Morgan fingerprint density at radius 2 is 1.93 bits per heavy atom. The fourth-order valence-electron chi connectivity index (χ4n) is 1.46. The predicted molar refractivity (Wildman–Crippen MR) is 59.1 cm³/mol. The Kier molecular flexibility index (Phi) is 4.28. The summed E-state index contributed by atoms with van der Waals surface area (Å²) in [7, 11) is 0. The third kappa shape index (κ3) is 3.05. The number of amides is 1. The van der Waals surface area contributed by atoms with Crippen molar-refractivity contribution in [1.82, 2.24) is 0 Å². The van der Waals surface area contributed by atoms with Gasteiger partial charge in [0.1, 0.15) is 5.82 Å². The van der Waals surface area contributed by atoms with Crippen molar-refractivity contribution in [2.24, 2.45) is 5.92 Å². The van der Waals surface area contributed by atoms with E-state index in [0.717, 1.165) is 12.8 Å². The molecule has 0 saturated carbocycles. The molecule has 3 heteroatoms. The highest BCUT2D eigenvalue weighted by Crippen LogP contribution is 2.16. The lowest BCUT2D eigenvalue weighted by molar-refractivity contribution is -0.120. The molecule has 0 spiro atoms. The molecule has 15 heavy (non-hydrogen) atoms. The van der Waals surface area contributed by atoms with Crippen LogP contribution in [-0.2, 0) is 4.79 Å². The number of anilines is 1. The first kappa shape index (κ1) is 11.7. The maximum atomic E-state index is 13.2. The van der Waals surface area contributed by atoms with Crippen molar-refractivity contribution in [3.63, 3.8) is 0 Å². The maximum Gasteiger partial charge on any atom is 0.227 e. The summed E-state index contributed by atoms with van der Waals surface area (Å²) < 4.78 is 13.2. The van der Waals surface area contributed by atoms with Gasteiger partial charge in [-0.05, 0) is 25.0 Å². The van der Waals surface area contributed by atoms with Crippen LogP contribution in [0.5, 0.6) is 0 Å². The van der Waals surface area contributed by atoms with Crippen LogP contribution in [0.4, 0.5) is 10.1 Å². The van der Waals surface area contributed by atoms with E-state index >= 15 is 0 Å². The number of benzene rings is 1. The Morgan fingerprint density at radius 1 is 1.33 bits per heavy atom. The van der Waals surface area contributed by atoms with Gasteiger partial charge in [0.05, 0.1) is 5.69 Å². The van der Waals surface area contributed by atoms with Crippen LogP contribution in [0.25, 0.3) is 0 Å². The smallest absolute Gasteiger partial charge is 0.227 e. The van der Waals surface area contributed by atoms with Gasteiger partial charge >= 0.3 is 0 Å². The van der Waals surface area contributed by atoms with Crippen LogP contribution in [0.3, 0.4) is 0 Å². The van der Waals surface area contributed by atoms with Crippen molar-refractivity contribution < 1.29 is 9.18 Å². The summed E-state index contributed by atoms with van der Waals surface area (Å²) in [6, 6.07) is 6.20. The van der Waals surface area contributed by atoms with Crippen molar-refractivity contribution >= 4 is 11.6 Å². The number of carbonyl (C=O) groups excluding carboxylic acids is 1. The van der Waals surface area contributed by atoms with E-state index < -0.39 is 5.82 Å². The third-order valence-electron chi connectivity index (χ3n) is 2.49. The molecule has 0 saturated heterocycles. The van der Waals surface area contributed by atoms with E-state index in [1.807, 2.05) is 13.8 Å². The van der Waals surface area contributed by atoms with Crippen molar-refractivity contribution in [3.8, 4) is 0 Å². The maximum absolute atomic E-state index is 13.2. The molecule has 1 aromatic rings. The second-order valence-corrected chi connectivity index (χ2v) is 3.48. The molecule has 0 radical (unpaired) electrons.